The van der Waals surface area contributed by atoms with Crippen LogP contribution in [0.25, 0.3) is 0 Å². The second-order valence-corrected chi connectivity index (χ2v) is 5.85. The van der Waals surface area contributed by atoms with Gasteiger partial charge in [0, 0.05) is 24.5 Å². The zero-order chi connectivity index (χ0) is 13.5. The molecule has 0 radical (unpaired) electrons. The van der Waals surface area contributed by atoms with Gasteiger partial charge >= 0.3 is 0 Å². The van der Waals surface area contributed by atoms with Crippen molar-refractivity contribution in [2.24, 2.45) is 0 Å². The summed E-state index contributed by atoms with van der Waals surface area (Å²) in [6.07, 6.45) is 2.32. The predicted molar refractivity (Wildman–Crippen MR) is 80.4 cm³/mol. The Morgan fingerprint density at radius 2 is 1.95 bits per heavy atom. The molecular formula is C15H22N2OS. The number of hydrogen-bond donors (Lipinski definition) is 1. The molecule has 3 nitrogen and oxygen atoms in total. The lowest BCUT2D eigenvalue weighted by Gasteiger charge is -2.14. The van der Waals surface area contributed by atoms with Crippen molar-refractivity contribution in [3.05, 3.63) is 29.8 Å². The first-order chi connectivity index (χ1) is 9.29. The molecule has 1 aromatic rings. The van der Waals surface area contributed by atoms with Gasteiger partial charge in [0.1, 0.15) is 0 Å². The van der Waals surface area contributed by atoms with E-state index in [1.165, 1.54) is 10.5 Å². The van der Waals surface area contributed by atoms with Gasteiger partial charge < -0.3 is 10.2 Å². The van der Waals surface area contributed by atoms with Crippen molar-refractivity contribution in [3.8, 4) is 0 Å². The number of carbonyl (C=O) groups excluding carboxylic acids is 1. The third-order valence-corrected chi connectivity index (χ3v) is 4.32. The maximum atomic E-state index is 11.9. The van der Waals surface area contributed by atoms with Gasteiger partial charge in [0.15, 0.2) is 0 Å². The monoisotopic (exact) mass is 278 g/mol. The Kier molecular flexibility index (Phi) is 5.73. The van der Waals surface area contributed by atoms with E-state index in [-0.39, 0.29) is 5.91 Å². The second-order valence-electron chi connectivity index (χ2n) is 4.80. The molecule has 2 rings (SSSR count). The van der Waals surface area contributed by atoms with Gasteiger partial charge in [-0.15, -0.1) is 11.8 Å². The number of benzene rings is 1. The summed E-state index contributed by atoms with van der Waals surface area (Å²) in [6.45, 7) is 5.89. The predicted octanol–water partition coefficient (Wildman–Crippen LogP) is 2.51. The van der Waals surface area contributed by atoms with Crippen LogP contribution in [-0.2, 0) is 11.3 Å². The van der Waals surface area contributed by atoms with Gasteiger partial charge in [-0.25, -0.2) is 0 Å². The first-order valence-corrected chi connectivity index (χ1v) is 7.98. The molecule has 19 heavy (non-hydrogen) atoms. The molecule has 104 valence electrons. The van der Waals surface area contributed by atoms with Crippen LogP contribution in [-0.4, -0.2) is 36.2 Å². The molecule has 0 aliphatic carbocycles. The smallest absolute Gasteiger partial charge is 0.232 e. The SMILES string of the molecule is CCNCc1ccc(SCC(=O)N2CCCC2)cc1. The summed E-state index contributed by atoms with van der Waals surface area (Å²) in [6, 6.07) is 8.47. The highest BCUT2D eigenvalue weighted by Gasteiger charge is 2.17. The normalized spacial score (nSPS) is 14.9. The summed E-state index contributed by atoms with van der Waals surface area (Å²) in [7, 11) is 0. The molecule has 1 heterocycles. The molecule has 1 N–H and O–H groups in total. The topological polar surface area (TPSA) is 32.3 Å². The minimum Gasteiger partial charge on any atom is -0.342 e. The molecule has 1 aliphatic heterocycles. The highest BCUT2D eigenvalue weighted by molar-refractivity contribution is 8.00. The maximum absolute atomic E-state index is 11.9. The largest absolute Gasteiger partial charge is 0.342 e. The minimum absolute atomic E-state index is 0.277. The summed E-state index contributed by atoms with van der Waals surface area (Å²) >= 11 is 1.64. The van der Waals surface area contributed by atoms with Gasteiger partial charge in [0.2, 0.25) is 5.91 Å². The van der Waals surface area contributed by atoms with E-state index in [1.54, 1.807) is 11.8 Å². The molecule has 1 saturated heterocycles. The van der Waals surface area contributed by atoms with Gasteiger partial charge in [-0.05, 0) is 37.1 Å². The van der Waals surface area contributed by atoms with Gasteiger partial charge in [-0.2, -0.15) is 0 Å². The van der Waals surface area contributed by atoms with E-state index in [0.29, 0.717) is 5.75 Å². The van der Waals surface area contributed by atoms with Crippen LogP contribution >= 0.6 is 11.8 Å². The third kappa shape index (κ3) is 4.55. The number of rotatable bonds is 6. The molecule has 1 fully saturated rings. The summed E-state index contributed by atoms with van der Waals surface area (Å²) < 4.78 is 0. The van der Waals surface area contributed by atoms with Crippen LogP contribution in [0.1, 0.15) is 25.3 Å². The second kappa shape index (κ2) is 7.56. The zero-order valence-electron chi connectivity index (χ0n) is 11.5. The first kappa shape index (κ1) is 14.4. The Morgan fingerprint density at radius 1 is 1.26 bits per heavy atom. The van der Waals surface area contributed by atoms with Crippen LogP contribution in [0.4, 0.5) is 0 Å². The third-order valence-electron chi connectivity index (χ3n) is 3.32. The van der Waals surface area contributed by atoms with Gasteiger partial charge in [-0.3, -0.25) is 4.79 Å². The van der Waals surface area contributed by atoms with Crippen molar-refractivity contribution in [3.63, 3.8) is 0 Å². The number of nitrogens with one attached hydrogen (secondary N) is 1. The first-order valence-electron chi connectivity index (χ1n) is 7.00. The average molecular weight is 278 g/mol. The van der Waals surface area contributed by atoms with Gasteiger partial charge in [0.05, 0.1) is 5.75 Å². The Balaban J connectivity index is 1.77. The van der Waals surface area contributed by atoms with E-state index in [2.05, 4.69) is 36.5 Å². The molecule has 1 amide bonds. The fourth-order valence-electron chi connectivity index (χ4n) is 2.18. The van der Waals surface area contributed by atoms with Crippen LogP contribution in [0, 0.1) is 0 Å². The van der Waals surface area contributed by atoms with E-state index in [1.807, 2.05) is 4.90 Å². The Hall–Kier alpha value is -1.00. The number of likely N-dealkylation sites (tertiary alicyclic amines) is 1. The molecule has 1 aromatic carbocycles. The number of carbonyl (C=O) groups is 1. The number of thioether (sulfide) groups is 1. The van der Waals surface area contributed by atoms with Crippen LogP contribution in [0.15, 0.2) is 29.2 Å². The van der Waals surface area contributed by atoms with E-state index in [4.69, 9.17) is 0 Å². The summed E-state index contributed by atoms with van der Waals surface area (Å²) in [5.74, 6) is 0.839. The van der Waals surface area contributed by atoms with Crippen molar-refractivity contribution in [2.45, 2.75) is 31.2 Å². The van der Waals surface area contributed by atoms with Crippen molar-refractivity contribution < 1.29 is 4.79 Å². The fraction of sp³-hybridized carbons (Fsp3) is 0.533. The maximum Gasteiger partial charge on any atom is 0.232 e. The molecule has 0 spiro atoms. The highest BCUT2D eigenvalue weighted by Crippen LogP contribution is 2.20. The summed E-state index contributed by atoms with van der Waals surface area (Å²) in [5, 5.41) is 3.30. The average Bonchev–Trinajstić information content (AvgIpc) is 2.98. The van der Waals surface area contributed by atoms with E-state index in [0.717, 1.165) is 39.0 Å². The Morgan fingerprint density at radius 3 is 2.58 bits per heavy atom. The van der Waals surface area contributed by atoms with Crippen molar-refractivity contribution in [2.75, 3.05) is 25.4 Å². The fourth-order valence-corrected chi connectivity index (χ4v) is 2.98. The van der Waals surface area contributed by atoms with E-state index in [9.17, 15) is 4.79 Å². The van der Waals surface area contributed by atoms with Crippen molar-refractivity contribution in [1.82, 2.24) is 10.2 Å². The number of nitrogens with zero attached hydrogens (tertiary/aromatic N) is 1. The highest BCUT2D eigenvalue weighted by atomic mass is 32.2. The zero-order valence-corrected chi connectivity index (χ0v) is 12.3. The van der Waals surface area contributed by atoms with Crippen LogP contribution in [0.3, 0.4) is 0 Å². The van der Waals surface area contributed by atoms with Crippen LogP contribution < -0.4 is 5.32 Å². The quantitative estimate of drug-likeness (QED) is 0.812. The molecule has 4 heteroatoms. The molecule has 0 atom stereocenters. The molecular weight excluding hydrogens is 256 g/mol. The lowest BCUT2D eigenvalue weighted by Crippen LogP contribution is -2.29. The lowest BCUT2D eigenvalue weighted by molar-refractivity contribution is -0.127. The number of amides is 1. The van der Waals surface area contributed by atoms with Gasteiger partial charge in [-0.1, -0.05) is 19.1 Å². The van der Waals surface area contributed by atoms with Crippen LogP contribution in [0.5, 0.6) is 0 Å². The molecule has 0 saturated carbocycles. The van der Waals surface area contributed by atoms with Crippen molar-refractivity contribution in [1.29, 1.82) is 0 Å². The number of hydrogen-bond acceptors (Lipinski definition) is 3. The standard InChI is InChI=1S/C15H22N2OS/c1-2-16-11-13-5-7-14(8-6-13)19-12-15(18)17-9-3-4-10-17/h5-8,16H,2-4,9-12H2,1H3. The van der Waals surface area contributed by atoms with E-state index >= 15 is 0 Å². The van der Waals surface area contributed by atoms with Crippen LogP contribution in [0.2, 0.25) is 0 Å². The van der Waals surface area contributed by atoms with Gasteiger partial charge in [0.25, 0.3) is 0 Å². The van der Waals surface area contributed by atoms with Crippen molar-refractivity contribution >= 4 is 17.7 Å². The Labute approximate surface area is 119 Å². The lowest BCUT2D eigenvalue weighted by atomic mass is 10.2. The molecule has 0 aromatic heterocycles. The minimum atomic E-state index is 0.277. The molecule has 1 aliphatic rings. The Bertz CT molecular complexity index is 399. The molecule has 0 bridgehead atoms. The summed E-state index contributed by atoms with van der Waals surface area (Å²) in [4.78, 5) is 15.1. The summed E-state index contributed by atoms with van der Waals surface area (Å²) in [5.41, 5.74) is 1.29. The molecule has 0 unspecified atom stereocenters. The van der Waals surface area contributed by atoms with E-state index < -0.39 is 0 Å².